The Hall–Kier alpha value is -1.69. The Morgan fingerprint density at radius 1 is 1.44 bits per heavy atom. The first-order valence-electron chi connectivity index (χ1n) is 6.30. The van der Waals surface area contributed by atoms with Gasteiger partial charge in [-0.3, -0.25) is 4.79 Å². The van der Waals surface area contributed by atoms with Crippen LogP contribution in [0.4, 0.5) is 5.95 Å². The lowest BCUT2D eigenvalue weighted by molar-refractivity contribution is 0.0950. The molecule has 98 valence electrons. The molecule has 0 spiro atoms. The largest absolute Gasteiger partial charge is 0.351 e. The molecule has 1 amide bonds. The number of hydrogen-bond donors (Lipinski definition) is 2. The summed E-state index contributed by atoms with van der Waals surface area (Å²) in [6, 6.07) is 1.72. The number of nitrogens with zero attached hydrogens (tertiary/aromatic N) is 3. The number of aryl methyl sites for hydroxylation is 1. The molecule has 0 radical (unpaired) electrons. The van der Waals surface area contributed by atoms with E-state index in [0.717, 1.165) is 31.9 Å². The van der Waals surface area contributed by atoms with E-state index in [1.165, 1.54) is 0 Å². The van der Waals surface area contributed by atoms with Gasteiger partial charge in [0.1, 0.15) is 5.69 Å². The van der Waals surface area contributed by atoms with Crippen molar-refractivity contribution in [1.29, 1.82) is 0 Å². The molecule has 1 saturated heterocycles. The van der Waals surface area contributed by atoms with Gasteiger partial charge in [-0.05, 0) is 19.9 Å². The zero-order chi connectivity index (χ0) is 13.0. The fraction of sp³-hybridized carbons (Fsp3) is 0.583. The minimum atomic E-state index is -0.139. The third-order valence-corrected chi connectivity index (χ3v) is 2.81. The summed E-state index contributed by atoms with van der Waals surface area (Å²) in [6.45, 7) is 7.97. The standard InChI is InChI=1S/C12H19N5O/c1-3-14-11(18)10-8-9(2)15-12(16-10)17-6-4-13-5-7-17/h8,13H,3-7H2,1-2H3,(H,14,18). The van der Waals surface area contributed by atoms with Crippen molar-refractivity contribution in [2.45, 2.75) is 13.8 Å². The Kier molecular flexibility index (Phi) is 4.09. The van der Waals surface area contributed by atoms with Crippen LogP contribution < -0.4 is 15.5 Å². The zero-order valence-electron chi connectivity index (χ0n) is 10.9. The maximum atomic E-state index is 11.8. The number of hydrogen-bond acceptors (Lipinski definition) is 5. The number of anilines is 1. The maximum Gasteiger partial charge on any atom is 0.270 e. The molecule has 2 rings (SSSR count). The lowest BCUT2D eigenvalue weighted by Crippen LogP contribution is -2.44. The summed E-state index contributed by atoms with van der Waals surface area (Å²) < 4.78 is 0. The van der Waals surface area contributed by atoms with Crippen LogP contribution in [0.25, 0.3) is 0 Å². The van der Waals surface area contributed by atoms with Crippen molar-refractivity contribution in [3.63, 3.8) is 0 Å². The molecule has 0 aliphatic carbocycles. The van der Waals surface area contributed by atoms with Crippen LogP contribution in [0.5, 0.6) is 0 Å². The third-order valence-electron chi connectivity index (χ3n) is 2.81. The number of rotatable bonds is 3. The van der Waals surface area contributed by atoms with E-state index in [4.69, 9.17) is 0 Å². The maximum absolute atomic E-state index is 11.8. The summed E-state index contributed by atoms with van der Waals surface area (Å²) in [5, 5.41) is 6.04. The summed E-state index contributed by atoms with van der Waals surface area (Å²) in [7, 11) is 0. The molecule has 2 N–H and O–H groups in total. The Morgan fingerprint density at radius 2 is 2.17 bits per heavy atom. The van der Waals surface area contributed by atoms with E-state index in [1.54, 1.807) is 6.07 Å². The van der Waals surface area contributed by atoms with Crippen LogP contribution in [0.1, 0.15) is 23.1 Å². The van der Waals surface area contributed by atoms with E-state index in [2.05, 4.69) is 25.5 Å². The van der Waals surface area contributed by atoms with E-state index < -0.39 is 0 Å². The Balaban J connectivity index is 2.22. The number of nitrogens with one attached hydrogen (secondary N) is 2. The van der Waals surface area contributed by atoms with Gasteiger partial charge in [0.2, 0.25) is 5.95 Å². The lowest BCUT2D eigenvalue weighted by atomic mass is 10.3. The first kappa shape index (κ1) is 12.8. The third kappa shape index (κ3) is 2.95. The smallest absolute Gasteiger partial charge is 0.270 e. The van der Waals surface area contributed by atoms with Crippen LogP contribution in [-0.4, -0.2) is 48.6 Å². The number of amides is 1. The van der Waals surface area contributed by atoms with Crippen LogP contribution in [-0.2, 0) is 0 Å². The number of carbonyl (C=O) groups is 1. The van der Waals surface area contributed by atoms with Gasteiger partial charge < -0.3 is 15.5 Å². The molecule has 1 aromatic heterocycles. The van der Waals surface area contributed by atoms with E-state index in [-0.39, 0.29) is 5.91 Å². The van der Waals surface area contributed by atoms with Crippen molar-refractivity contribution in [3.8, 4) is 0 Å². The van der Waals surface area contributed by atoms with E-state index in [9.17, 15) is 4.79 Å². The molecule has 18 heavy (non-hydrogen) atoms. The molecule has 0 unspecified atom stereocenters. The first-order chi connectivity index (χ1) is 8.70. The molecular formula is C12H19N5O. The Labute approximate surface area is 107 Å². The summed E-state index contributed by atoms with van der Waals surface area (Å²) in [4.78, 5) is 22.7. The normalized spacial score (nSPS) is 15.6. The van der Waals surface area contributed by atoms with Crippen LogP contribution in [0.3, 0.4) is 0 Å². The first-order valence-corrected chi connectivity index (χ1v) is 6.30. The summed E-state index contributed by atoms with van der Waals surface area (Å²) in [5.41, 5.74) is 1.26. The Bertz CT molecular complexity index is 428. The molecule has 0 atom stereocenters. The second kappa shape index (κ2) is 5.77. The molecule has 2 heterocycles. The van der Waals surface area contributed by atoms with Crippen LogP contribution >= 0.6 is 0 Å². The molecule has 1 aliphatic rings. The molecule has 0 bridgehead atoms. The molecule has 1 fully saturated rings. The van der Waals surface area contributed by atoms with Crippen molar-refractivity contribution in [2.24, 2.45) is 0 Å². The Morgan fingerprint density at radius 3 is 2.83 bits per heavy atom. The van der Waals surface area contributed by atoms with Gasteiger partial charge in [-0.1, -0.05) is 0 Å². The predicted octanol–water partition coefficient (Wildman–Crippen LogP) is -0.0557. The van der Waals surface area contributed by atoms with E-state index in [0.29, 0.717) is 18.2 Å². The van der Waals surface area contributed by atoms with Crippen molar-refractivity contribution in [3.05, 3.63) is 17.5 Å². The highest BCUT2D eigenvalue weighted by molar-refractivity contribution is 5.92. The van der Waals surface area contributed by atoms with E-state index >= 15 is 0 Å². The highest BCUT2D eigenvalue weighted by Crippen LogP contribution is 2.11. The quantitative estimate of drug-likeness (QED) is 0.785. The van der Waals surface area contributed by atoms with Gasteiger partial charge in [0, 0.05) is 38.4 Å². The van der Waals surface area contributed by atoms with Gasteiger partial charge in [0.15, 0.2) is 0 Å². The second-order valence-electron chi connectivity index (χ2n) is 4.29. The minimum absolute atomic E-state index is 0.139. The average molecular weight is 249 g/mol. The molecule has 1 aliphatic heterocycles. The van der Waals surface area contributed by atoms with Gasteiger partial charge in [0.05, 0.1) is 0 Å². The summed E-state index contributed by atoms with van der Waals surface area (Å²) in [6.07, 6.45) is 0. The van der Waals surface area contributed by atoms with Crippen molar-refractivity contribution in [2.75, 3.05) is 37.6 Å². The molecule has 0 aromatic carbocycles. The highest BCUT2D eigenvalue weighted by atomic mass is 16.1. The van der Waals surface area contributed by atoms with Crippen molar-refractivity contribution in [1.82, 2.24) is 20.6 Å². The lowest BCUT2D eigenvalue weighted by Gasteiger charge is -2.27. The molecule has 1 aromatic rings. The van der Waals surface area contributed by atoms with Gasteiger partial charge in [0.25, 0.3) is 5.91 Å². The number of aromatic nitrogens is 2. The minimum Gasteiger partial charge on any atom is -0.351 e. The van der Waals surface area contributed by atoms with Gasteiger partial charge in [-0.15, -0.1) is 0 Å². The SMILES string of the molecule is CCNC(=O)c1cc(C)nc(N2CCNCC2)n1. The molecule has 0 saturated carbocycles. The van der Waals surface area contributed by atoms with Crippen LogP contribution in [0, 0.1) is 6.92 Å². The number of carbonyl (C=O) groups excluding carboxylic acids is 1. The van der Waals surface area contributed by atoms with Crippen LogP contribution in [0.2, 0.25) is 0 Å². The molecular weight excluding hydrogens is 230 g/mol. The molecule has 6 heteroatoms. The fourth-order valence-electron chi connectivity index (χ4n) is 1.93. The average Bonchev–Trinajstić information content (AvgIpc) is 2.39. The summed E-state index contributed by atoms with van der Waals surface area (Å²) >= 11 is 0. The van der Waals surface area contributed by atoms with Gasteiger partial charge >= 0.3 is 0 Å². The highest BCUT2D eigenvalue weighted by Gasteiger charge is 2.16. The van der Waals surface area contributed by atoms with Crippen LogP contribution in [0.15, 0.2) is 6.07 Å². The monoisotopic (exact) mass is 249 g/mol. The van der Waals surface area contributed by atoms with Crippen molar-refractivity contribution < 1.29 is 4.79 Å². The van der Waals surface area contributed by atoms with Gasteiger partial charge in [-0.25, -0.2) is 9.97 Å². The predicted molar refractivity (Wildman–Crippen MR) is 69.9 cm³/mol. The fourth-order valence-corrected chi connectivity index (χ4v) is 1.93. The second-order valence-corrected chi connectivity index (χ2v) is 4.29. The van der Waals surface area contributed by atoms with E-state index in [1.807, 2.05) is 13.8 Å². The zero-order valence-corrected chi connectivity index (χ0v) is 10.9. The van der Waals surface area contributed by atoms with Gasteiger partial charge in [-0.2, -0.15) is 0 Å². The topological polar surface area (TPSA) is 70.2 Å². The number of piperazine rings is 1. The van der Waals surface area contributed by atoms with Crippen molar-refractivity contribution >= 4 is 11.9 Å². The molecule has 6 nitrogen and oxygen atoms in total. The summed E-state index contributed by atoms with van der Waals surface area (Å²) in [5.74, 6) is 0.511.